The fraction of sp³-hybridized carbons (Fsp3) is 0.561. The highest BCUT2D eigenvalue weighted by Gasteiger charge is 2.52. The van der Waals surface area contributed by atoms with Crippen molar-refractivity contribution in [2.45, 2.75) is 115 Å². The Morgan fingerprint density at radius 3 is 2.28 bits per heavy atom. The van der Waals surface area contributed by atoms with Crippen LogP contribution in [-0.2, 0) is 30.1 Å². The van der Waals surface area contributed by atoms with Gasteiger partial charge in [0, 0.05) is 62.8 Å². The zero-order valence-corrected chi connectivity index (χ0v) is 33.5. The number of hydrogen-bond acceptors (Lipinski definition) is 9. The first-order chi connectivity index (χ1) is 27.0. The number of carbonyl (C=O) groups excluding carboxylic acids is 4. The smallest absolute Gasteiger partial charge is 0.377 e. The van der Waals surface area contributed by atoms with E-state index in [1.165, 1.54) is 11.0 Å². The molecule has 306 valence electrons. The summed E-state index contributed by atoms with van der Waals surface area (Å²) in [7, 11) is 0. The van der Waals surface area contributed by atoms with Gasteiger partial charge in [0.1, 0.15) is 5.54 Å². The first-order valence-electron chi connectivity index (χ1n) is 19.6. The van der Waals surface area contributed by atoms with Crippen molar-refractivity contribution in [3.8, 4) is 6.07 Å². The van der Waals surface area contributed by atoms with E-state index in [0.29, 0.717) is 50.9 Å². The third kappa shape index (κ3) is 9.33. The predicted molar refractivity (Wildman–Crippen MR) is 211 cm³/mol. The van der Waals surface area contributed by atoms with Crippen LogP contribution < -0.4 is 15.5 Å². The Morgan fingerprint density at radius 1 is 1.00 bits per heavy atom. The molecule has 2 aromatic rings. The normalized spacial score (nSPS) is 26.0. The van der Waals surface area contributed by atoms with E-state index in [4.69, 9.17) is 17.0 Å². The molecule has 2 aromatic carbocycles. The molecule has 0 bridgehead atoms. The maximum absolute atomic E-state index is 13.7. The minimum atomic E-state index is -4.76. The standard InChI is InChI=1S/C41H50F3N7O5S/c1-25-23-48(24-26(2)49(25)18-17-36(53)46-29-8-5-27(6-9-29)33-15-16-35(52)47-37(33)54)19-20-56-32-13-11-30(12-14-32)51-39(57)50(38(55)40(51,3)4)31-10-7-28(22-45)34(21-31)41(42,43)44/h5-10,21,25-26,30,32-33H,11-20,23-24H2,1-4H3,(H,46,53)(H,47,52,54)/t25-,26+,30?,32?,33?. The van der Waals surface area contributed by atoms with Gasteiger partial charge >= 0.3 is 6.18 Å². The number of amides is 4. The van der Waals surface area contributed by atoms with Crippen LogP contribution in [0.25, 0.3) is 0 Å². The van der Waals surface area contributed by atoms with E-state index in [0.717, 1.165) is 50.2 Å². The summed E-state index contributed by atoms with van der Waals surface area (Å²) < 4.78 is 47.5. The molecule has 3 atom stereocenters. The number of benzene rings is 2. The number of piperazine rings is 1. The molecule has 4 amide bonds. The van der Waals surface area contributed by atoms with Crippen LogP contribution in [0.4, 0.5) is 24.5 Å². The van der Waals surface area contributed by atoms with E-state index < -0.39 is 28.7 Å². The Bertz CT molecular complexity index is 1900. The van der Waals surface area contributed by atoms with E-state index in [9.17, 15) is 37.6 Å². The van der Waals surface area contributed by atoms with Crippen LogP contribution in [-0.4, -0.2) is 106 Å². The molecule has 1 aliphatic carbocycles. The van der Waals surface area contributed by atoms with E-state index in [1.807, 2.05) is 17.0 Å². The zero-order valence-electron chi connectivity index (χ0n) is 32.7. The van der Waals surface area contributed by atoms with Crippen LogP contribution in [0.15, 0.2) is 42.5 Å². The number of piperidine rings is 1. The molecular formula is C41H50F3N7O5S. The Hall–Kier alpha value is -4.43. The van der Waals surface area contributed by atoms with Gasteiger partial charge in [-0.3, -0.25) is 39.2 Å². The summed E-state index contributed by atoms with van der Waals surface area (Å²) in [6.45, 7) is 11.5. The van der Waals surface area contributed by atoms with Gasteiger partial charge in [0.25, 0.3) is 5.91 Å². The first-order valence-corrected chi connectivity index (χ1v) is 20.0. The van der Waals surface area contributed by atoms with Crippen molar-refractivity contribution in [1.29, 1.82) is 5.26 Å². The second-order valence-corrected chi connectivity index (χ2v) is 16.5. The second-order valence-electron chi connectivity index (χ2n) is 16.1. The van der Waals surface area contributed by atoms with E-state index in [2.05, 4.69) is 34.3 Å². The number of halogens is 3. The van der Waals surface area contributed by atoms with E-state index >= 15 is 0 Å². The quantitative estimate of drug-likeness (QED) is 0.219. The molecule has 0 spiro atoms. The minimum absolute atomic E-state index is 0.00777. The lowest BCUT2D eigenvalue weighted by Crippen LogP contribution is -2.57. The van der Waals surface area contributed by atoms with Gasteiger partial charge in [0.05, 0.1) is 41.5 Å². The van der Waals surface area contributed by atoms with E-state index in [1.54, 1.807) is 32.0 Å². The number of ether oxygens (including phenoxy) is 1. The predicted octanol–water partition coefficient (Wildman–Crippen LogP) is 5.56. The fourth-order valence-corrected chi connectivity index (χ4v) is 9.39. The molecule has 2 N–H and O–H groups in total. The Labute approximate surface area is 336 Å². The van der Waals surface area contributed by atoms with Gasteiger partial charge < -0.3 is 15.0 Å². The highest BCUT2D eigenvalue weighted by molar-refractivity contribution is 7.80. The average Bonchev–Trinajstić information content (AvgIpc) is 3.33. The van der Waals surface area contributed by atoms with Crippen LogP contribution in [0, 0.1) is 11.3 Å². The number of imide groups is 1. The average molecular weight is 810 g/mol. The lowest BCUT2D eigenvalue weighted by molar-refractivity contribution is -0.138. The lowest BCUT2D eigenvalue weighted by Gasteiger charge is -2.44. The van der Waals surface area contributed by atoms with Gasteiger partial charge in [-0.2, -0.15) is 18.4 Å². The van der Waals surface area contributed by atoms with Crippen molar-refractivity contribution in [3.05, 3.63) is 59.2 Å². The van der Waals surface area contributed by atoms with Crippen LogP contribution in [0.2, 0.25) is 0 Å². The van der Waals surface area contributed by atoms with Crippen LogP contribution in [0.5, 0.6) is 0 Å². The third-order valence-corrected chi connectivity index (χ3v) is 12.2. The summed E-state index contributed by atoms with van der Waals surface area (Å²) in [4.78, 5) is 57.9. The highest BCUT2D eigenvalue weighted by Crippen LogP contribution is 2.41. The topological polar surface area (TPSA) is 138 Å². The van der Waals surface area contributed by atoms with Crippen molar-refractivity contribution in [2.24, 2.45) is 0 Å². The number of carbonyl (C=O) groups is 4. The van der Waals surface area contributed by atoms with Gasteiger partial charge in [-0.25, -0.2) is 0 Å². The minimum Gasteiger partial charge on any atom is -0.377 e. The molecular weight excluding hydrogens is 760 g/mol. The maximum atomic E-state index is 13.7. The molecule has 1 unspecified atom stereocenters. The highest BCUT2D eigenvalue weighted by atomic mass is 32.1. The summed E-state index contributed by atoms with van der Waals surface area (Å²) in [5, 5.41) is 14.7. The van der Waals surface area contributed by atoms with Crippen molar-refractivity contribution in [3.63, 3.8) is 0 Å². The Morgan fingerprint density at radius 2 is 1.67 bits per heavy atom. The fourth-order valence-electron chi connectivity index (χ4n) is 8.83. The number of thiocarbonyl (C=S) groups is 1. The summed E-state index contributed by atoms with van der Waals surface area (Å²) in [6, 6.07) is 12.4. The number of nitrogens with zero attached hydrogens (tertiary/aromatic N) is 5. The SMILES string of the molecule is C[C@@H]1CN(CCOC2CCC(N3C(=S)N(c4ccc(C#N)c(C(F)(F)F)c4)C(=O)C3(C)C)CC2)C[C@H](C)N1CCC(=O)Nc1ccc(C2CCC(=O)NC2=O)cc1. The molecule has 16 heteroatoms. The van der Waals surface area contributed by atoms with Crippen molar-refractivity contribution in [2.75, 3.05) is 43.0 Å². The monoisotopic (exact) mass is 809 g/mol. The molecule has 3 heterocycles. The molecule has 4 aliphatic rings. The number of alkyl halides is 3. The molecule has 12 nitrogen and oxygen atoms in total. The number of nitrogens with one attached hydrogen (secondary N) is 2. The molecule has 4 fully saturated rings. The molecule has 1 saturated carbocycles. The second kappa shape index (κ2) is 17.2. The summed E-state index contributed by atoms with van der Waals surface area (Å²) in [5.41, 5.74) is -1.22. The number of nitriles is 1. The summed E-state index contributed by atoms with van der Waals surface area (Å²) >= 11 is 5.74. The Balaban J connectivity index is 0.923. The van der Waals surface area contributed by atoms with Crippen molar-refractivity contribution < 1.29 is 37.1 Å². The molecule has 0 aromatic heterocycles. The molecule has 57 heavy (non-hydrogen) atoms. The van der Waals surface area contributed by atoms with Gasteiger partial charge in [-0.1, -0.05) is 12.1 Å². The van der Waals surface area contributed by atoms with Crippen molar-refractivity contribution >= 4 is 52.3 Å². The van der Waals surface area contributed by atoms with Crippen LogP contribution in [0.3, 0.4) is 0 Å². The van der Waals surface area contributed by atoms with Crippen LogP contribution in [0.1, 0.15) is 95.2 Å². The summed E-state index contributed by atoms with van der Waals surface area (Å²) in [5.74, 6) is -1.41. The largest absolute Gasteiger partial charge is 0.417 e. The Kier molecular flexibility index (Phi) is 12.7. The number of hydrogen-bond donors (Lipinski definition) is 2. The van der Waals surface area contributed by atoms with E-state index in [-0.39, 0.29) is 58.7 Å². The van der Waals surface area contributed by atoms with Gasteiger partial charge in [0.2, 0.25) is 17.7 Å². The third-order valence-electron chi connectivity index (χ3n) is 11.8. The van der Waals surface area contributed by atoms with Gasteiger partial charge in [-0.15, -0.1) is 0 Å². The lowest BCUT2D eigenvalue weighted by atomic mass is 9.89. The molecule has 0 radical (unpaired) electrons. The zero-order chi connectivity index (χ0) is 41.2. The first kappa shape index (κ1) is 42.2. The number of rotatable bonds is 11. The molecule has 3 saturated heterocycles. The maximum Gasteiger partial charge on any atom is 0.417 e. The molecule has 6 rings (SSSR count). The summed E-state index contributed by atoms with van der Waals surface area (Å²) in [6.07, 6.45) is -0.643. The van der Waals surface area contributed by atoms with Crippen LogP contribution >= 0.6 is 12.2 Å². The van der Waals surface area contributed by atoms with Gasteiger partial charge in [0.15, 0.2) is 5.11 Å². The van der Waals surface area contributed by atoms with Gasteiger partial charge in [-0.05, 0) is 108 Å². The molecule has 3 aliphatic heterocycles. The number of anilines is 2. The van der Waals surface area contributed by atoms with Crippen molar-refractivity contribution in [1.82, 2.24) is 20.0 Å².